The zero-order chi connectivity index (χ0) is 14.1. The lowest BCUT2D eigenvalue weighted by Gasteiger charge is -2.25. The number of hydrogen-bond acceptors (Lipinski definition) is 4. The number of rotatable bonds is 4. The molecule has 0 saturated carbocycles. The third-order valence-corrected chi connectivity index (χ3v) is 5.40. The van der Waals surface area contributed by atoms with Gasteiger partial charge in [-0.2, -0.15) is 0 Å². The average Bonchev–Trinajstić information content (AvgIpc) is 2.76. The van der Waals surface area contributed by atoms with Crippen molar-refractivity contribution < 1.29 is 9.13 Å². The molecule has 0 spiro atoms. The fraction of sp³-hybridized carbons (Fsp3) is 0.600. The van der Waals surface area contributed by atoms with Crippen LogP contribution in [0.5, 0.6) is 0 Å². The summed E-state index contributed by atoms with van der Waals surface area (Å²) in [4.78, 5) is 3.01. The Hall–Kier alpha value is -0.620. The Morgan fingerprint density at radius 2 is 2.25 bits per heavy atom. The van der Waals surface area contributed by atoms with Gasteiger partial charge in [-0.1, -0.05) is 6.07 Å². The molecule has 0 aromatic heterocycles. The smallest absolute Gasteiger partial charge is 0.137 e. The lowest BCUT2D eigenvalue weighted by atomic mass is 10.00. The molecular weight excluding hydrogens is 275 g/mol. The van der Waals surface area contributed by atoms with Crippen molar-refractivity contribution in [2.45, 2.75) is 22.6 Å². The molecule has 110 valence electrons. The summed E-state index contributed by atoms with van der Waals surface area (Å²) in [6.45, 7) is 3.17. The second kappa shape index (κ2) is 6.02. The largest absolute Gasteiger partial charge is 0.379 e. The van der Waals surface area contributed by atoms with E-state index in [1.54, 1.807) is 17.8 Å². The lowest BCUT2D eigenvalue weighted by Crippen LogP contribution is -2.30. The van der Waals surface area contributed by atoms with E-state index in [2.05, 4.69) is 18.0 Å². The van der Waals surface area contributed by atoms with Crippen LogP contribution in [-0.2, 0) is 4.74 Å². The predicted octanol–water partition coefficient (Wildman–Crippen LogP) is 2.27. The molecule has 5 heteroatoms. The molecule has 2 saturated heterocycles. The van der Waals surface area contributed by atoms with Crippen molar-refractivity contribution in [2.24, 2.45) is 11.7 Å². The number of nitrogens with two attached hydrogens (primary N) is 1. The molecule has 0 aliphatic carbocycles. The van der Waals surface area contributed by atoms with E-state index in [-0.39, 0.29) is 5.82 Å². The van der Waals surface area contributed by atoms with Crippen molar-refractivity contribution in [3.8, 4) is 0 Å². The molecule has 2 heterocycles. The number of benzene rings is 1. The van der Waals surface area contributed by atoms with Crippen LogP contribution in [0.3, 0.4) is 0 Å². The molecule has 1 aromatic carbocycles. The molecule has 3 nitrogen and oxygen atoms in total. The highest BCUT2D eigenvalue weighted by Crippen LogP contribution is 2.36. The molecule has 2 fully saturated rings. The molecule has 2 aliphatic heterocycles. The van der Waals surface area contributed by atoms with Crippen LogP contribution in [0.15, 0.2) is 23.1 Å². The van der Waals surface area contributed by atoms with E-state index in [4.69, 9.17) is 10.5 Å². The van der Waals surface area contributed by atoms with Gasteiger partial charge in [0.2, 0.25) is 0 Å². The number of hydrogen-bond donors (Lipinski definition) is 1. The predicted molar refractivity (Wildman–Crippen MR) is 79.4 cm³/mol. The minimum atomic E-state index is -0.107. The van der Waals surface area contributed by atoms with Crippen molar-refractivity contribution in [2.75, 3.05) is 33.4 Å². The Bertz CT molecular complexity index is 481. The van der Waals surface area contributed by atoms with E-state index in [0.717, 1.165) is 36.6 Å². The van der Waals surface area contributed by atoms with Gasteiger partial charge in [0.05, 0.1) is 18.5 Å². The van der Waals surface area contributed by atoms with Gasteiger partial charge in [-0.05, 0) is 43.6 Å². The molecule has 2 atom stereocenters. The second-order valence-corrected chi connectivity index (χ2v) is 7.10. The third-order valence-electron chi connectivity index (χ3n) is 4.21. The van der Waals surface area contributed by atoms with Crippen molar-refractivity contribution in [1.82, 2.24) is 4.90 Å². The third kappa shape index (κ3) is 2.86. The summed E-state index contributed by atoms with van der Waals surface area (Å²) in [5, 5.41) is 0.408. The highest BCUT2D eigenvalue weighted by Gasteiger charge is 2.30. The maximum absolute atomic E-state index is 14.2. The number of ether oxygens (including phenoxy) is 1. The summed E-state index contributed by atoms with van der Waals surface area (Å²) in [5.41, 5.74) is 6.82. The average molecular weight is 296 g/mol. The monoisotopic (exact) mass is 296 g/mol. The lowest BCUT2D eigenvalue weighted by molar-refractivity contribution is 0.0455. The van der Waals surface area contributed by atoms with Gasteiger partial charge >= 0.3 is 0 Å². The van der Waals surface area contributed by atoms with E-state index < -0.39 is 0 Å². The van der Waals surface area contributed by atoms with Crippen molar-refractivity contribution in [1.29, 1.82) is 0 Å². The van der Waals surface area contributed by atoms with Crippen molar-refractivity contribution in [3.05, 3.63) is 29.6 Å². The van der Waals surface area contributed by atoms with Crippen LogP contribution >= 0.6 is 11.8 Å². The van der Waals surface area contributed by atoms with Crippen LogP contribution in [0, 0.1) is 11.7 Å². The molecule has 1 aromatic rings. The molecule has 20 heavy (non-hydrogen) atoms. The summed E-state index contributed by atoms with van der Waals surface area (Å²) in [7, 11) is 2.09. The van der Waals surface area contributed by atoms with Crippen molar-refractivity contribution >= 4 is 11.8 Å². The highest BCUT2D eigenvalue weighted by atomic mass is 32.2. The maximum Gasteiger partial charge on any atom is 0.137 e. The van der Waals surface area contributed by atoms with Gasteiger partial charge in [0.1, 0.15) is 5.82 Å². The van der Waals surface area contributed by atoms with Gasteiger partial charge < -0.3 is 10.5 Å². The zero-order valence-electron chi connectivity index (χ0n) is 11.7. The summed E-state index contributed by atoms with van der Waals surface area (Å²) in [6.07, 6.45) is 1.02. The quantitative estimate of drug-likeness (QED) is 0.925. The summed E-state index contributed by atoms with van der Waals surface area (Å²) >= 11 is 1.58. The first-order chi connectivity index (χ1) is 9.67. The number of likely N-dealkylation sites (tertiary alicyclic amines) is 1. The van der Waals surface area contributed by atoms with Crippen molar-refractivity contribution in [3.63, 3.8) is 0 Å². The molecule has 0 amide bonds. The van der Waals surface area contributed by atoms with Gasteiger partial charge in [-0.3, -0.25) is 4.90 Å². The minimum absolute atomic E-state index is 0.107. The number of nitrogens with zero attached hydrogens (tertiary/aromatic N) is 1. The van der Waals surface area contributed by atoms with E-state index in [1.807, 2.05) is 6.07 Å². The van der Waals surface area contributed by atoms with Crippen LogP contribution in [0.2, 0.25) is 0 Å². The molecule has 2 unspecified atom stereocenters. The summed E-state index contributed by atoms with van der Waals surface area (Å²) in [6, 6.07) is 5.97. The summed E-state index contributed by atoms with van der Waals surface area (Å²) < 4.78 is 19.4. The van der Waals surface area contributed by atoms with E-state index in [9.17, 15) is 4.39 Å². The van der Waals surface area contributed by atoms with Gasteiger partial charge in [0.15, 0.2) is 0 Å². The van der Waals surface area contributed by atoms with E-state index >= 15 is 0 Å². The van der Waals surface area contributed by atoms with Crippen LogP contribution < -0.4 is 5.73 Å². The van der Waals surface area contributed by atoms with Crippen LogP contribution in [0.1, 0.15) is 18.0 Å². The fourth-order valence-electron chi connectivity index (χ4n) is 2.95. The van der Waals surface area contributed by atoms with Crippen LogP contribution in [0.4, 0.5) is 4.39 Å². The molecule has 2 N–H and O–H groups in total. The molecule has 2 aliphatic rings. The Morgan fingerprint density at radius 1 is 1.45 bits per heavy atom. The standard InChI is InChI=1S/C15H21FN2OS/c1-18-7-10(6-17)4-14(18)11-2-3-15(13(16)5-11)20-12-8-19-9-12/h2-3,5,10,12,14H,4,6-9,17H2,1H3. The zero-order valence-corrected chi connectivity index (χ0v) is 12.5. The van der Waals surface area contributed by atoms with Gasteiger partial charge in [-0.15, -0.1) is 11.8 Å². The molecule has 0 radical (unpaired) electrons. The first-order valence-corrected chi connectivity index (χ1v) is 7.99. The molecule has 0 bridgehead atoms. The van der Waals surface area contributed by atoms with Gasteiger partial charge in [0, 0.05) is 17.5 Å². The van der Waals surface area contributed by atoms with Crippen LogP contribution in [-0.4, -0.2) is 43.5 Å². The topological polar surface area (TPSA) is 38.5 Å². The number of halogens is 1. The van der Waals surface area contributed by atoms with Crippen LogP contribution in [0.25, 0.3) is 0 Å². The fourth-order valence-corrected chi connectivity index (χ4v) is 3.95. The Morgan fingerprint density at radius 3 is 2.80 bits per heavy atom. The van der Waals surface area contributed by atoms with Gasteiger partial charge in [-0.25, -0.2) is 4.39 Å². The Labute approximate surface area is 123 Å². The number of thioether (sulfide) groups is 1. The first kappa shape index (κ1) is 14.3. The molecular formula is C15H21FN2OS. The SMILES string of the molecule is CN1CC(CN)CC1c1ccc(SC2COC2)c(F)c1. The van der Waals surface area contributed by atoms with E-state index in [1.165, 1.54) is 0 Å². The molecule has 3 rings (SSSR count). The van der Waals surface area contributed by atoms with Gasteiger partial charge in [0.25, 0.3) is 0 Å². The first-order valence-electron chi connectivity index (χ1n) is 7.11. The normalized spacial score (nSPS) is 27.8. The highest BCUT2D eigenvalue weighted by molar-refractivity contribution is 8.00. The Kier molecular flexibility index (Phi) is 4.31. The van der Waals surface area contributed by atoms with E-state index in [0.29, 0.717) is 23.8 Å². The summed E-state index contributed by atoms with van der Waals surface area (Å²) in [5.74, 6) is 0.415. The maximum atomic E-state index is 14.2. The second-order valence-electron chi connectivity index (χ2n) is 5.76. The Balaban J connectivity index is 1.72. The minimum Gasteiger partial charge on any atom is -0.379 e.